The van der Waals surface area contributed by atoms with E-state index in [9.17, 15) is 0 Å². The van der Waals surface area contributed by atoms with E-state index in [2.05, 4.69) is 62.7 Å². The van der Waals surface area contributed by atoms with Gasteiger partial charge in [0, 0.05) is 18.1 Å². The summed E-state index contributed by atoms with van der Waals surface area (Å²) in [5.74, 6) is 0. The molecule has 14 heavy (non-hydrogen) atoms. The van der Waals surface area contributed by atoms with E-state index >= 15 is 0 Å². The van der Waals surface area contributed by atoms with Crippen LogP contribution in [-0.4, -0.2) is 23.0 Å². The Morgan fingerprint density at radius 1 is 1.50 bits per heavy atom. The van der Waals surface area contributed by atoms with Gasteiger partial charge in [-0.2, -0.15) is 0 Å². The summed E-state index contributed by atoms with van der Waals surface area (Å²) in [6.45, 7) is 10.4. The maximum absolute atomic E-state index is 4.19. The summed E-state index contributed by atoms with van der Waals surface area (Å²) in [4.78, 5) is 2.57. The number of rotatable bonds is 3. The number of hydrogen-bond donors (Lipinski definition) is 2. The zero-order valence-corrected chi connectivity index (χ0v) is 10.7. The molecule has 1 rings (SSSR count). The van der Waals surface area contributed by atoms with Crippen LogP contribution in [-0.2, 0) is 0 Å². The Bertz CT molecular complexity index is 178. The van der Waals surface area contributed by atoms with Gasteiger partial charge in [-0.15, -0.1) is 12.8 Å². The quantitative estimate of drug-likeness (QED) is 0.561. The van der Waals surface area contributed by atoms with Crippen LogP contribution in [0.25, 0.3) is 0 Å². The van der Waals surface area contributed by atoms with Crippen LogP contribution >= 0.6 is 12.8 Å². The van der Waals surface area contributed by atoms with Gasteiger partial charge in [-0.25, -0.2) is 0 Å². The fourth-order valence-electron chi connectivity index (χ4n) is 2.20. The van der Waals surface area contributed by atoms with Gasteiger partial charge in [0.15, 0.2) is 0 Å². The third-order valence-electron chi connectivity index (χ3n) is 2.85. The summed E-state index contributed by atoms with van der Waals surface area (Å²) in [6, 6.07) is 0.631. The Kier molecular flexibility index (Phi) is 6.49. The fourth-order valence-corrected chi connectivity index (χ4v) is 2.20. The molecule has 0 aromatic heterocycles. The predicted molar refractivity (Wildman–Crippen MR) is 67.5 cm³/mol. The van der Waals surface area contributed by atoms with Crippen molar-refractivity contribution in [2.45, 2.75) is 52.1 Å². The minimum absolute atomic E-state index is 0.373. The monoisotopic (exact) mass is 216 g/mol. The highest BCUT2D eigenvalue weighted by atomic mass is 32.1. The third-order valence-corrected chi connectivity index (χ3v) is 2.85. The van der Waals surface area contributed by atoms with Gasteiger partial charge in [-0.1, -0.05) is 25.5 Å². The van der Waals surface area contributed by atoms with Gasteiger partial charge in [0.25, 0.3) is 0 Å². The van der Waals surface area contributed by atoms with Gasteiger partial charge in [0.2, 0.25) is 0 Å². The van der Waals surface area contributed by atoms with E-state index in [1.807, 2.05) is 0 Å². The van der Waals surface area contributed by atoms with Crippen LogP contribution in [0.2, 0.25) is 0 Å². The van der Waals surface area contributed by atoms with Crippen LogP contribution in [0.3, 0.4) is 0 Å². The average molecular weight is 216 g/mol. The SMILES string of the molecule is CCCC(C)(C)N1CC=CC1C.NS. The van der Waals surface area contributed by atoms with Crippen LogP contribution in [0.4, 0.5) is 0 Å². The molecule has 0 aromatic rings. The van der Waals surface area contributed by atoms with Crippen LogP contribution in [0.5, 0.6) is 0 Å². The summed E-state index contributed by atoms with van der Waals surface area (Å²) in [7, 11) is 0. The highest BCUT2D eigenvalue weighted by Crippen LogP contribution is 2.26. The number of hydrogen-bond acceptors (Lipinski definition) is 3. The van der Waals surface area contributed by atoms with Gasteiger partial charge in [0.05, 0.1) is 0 Å². The van der Waals surface area contributed by atoms with Crippen molar-refractivity contribution in [2.24, 2.45) is 5.14 Å². The Balaban J connectivity index is 0.000000791. The standard InChI is InChI=1S/C11H21N.H3NS/c1-5-8-11(3,4)12-9-6-7-10(12)2;1-2/h6-7,10H,5,8-9H2,1-4H3;2H,1H2. The molecule has 0 fully saturated rings. The first-order valence-corrected chi connectivity index (χ1v) is 5.79. The topological polar surface area (TPSA) is 29.3 Å². The molecule has 84 valence electrons. The van der Waals surface area contributed by atoms with Crippen molar-refractivity contribution in [3.05, 3.63) is 12.2 Å². The Labute approximate surface area is 94.1 Å². The van der Waals surface area contributed by atoms with Gasteiger partial charge in [-0.05, 0) is 27.2 Å². The van der Waals surface area contributed by atoms with Gasteiger partial charge < -0.3 is 0 Å². The molecule has 3 heteroatoms. The zero-order chi connectivity index (χ0) is 11.2. The number of nitrogens with zero attached hydrogens (tertiary/aromatic N) is 1. The molecule has 2 nitrogen and oxygen atoms in total. The molecular formula is C11H24N2S. The summed E-state index contributed by atoms with van der Waals surface area (Å²) in [5.41, 5.74) is 0.373. The first-order valence-electron chi connectivity index (χ1n) is 5.27. The molecule has 0 radical (unpaired) electrons. The van der Waals surface area contributed by atoms with Crippen molar-refractivity contribution in [3.63, 3.8) is 0 Å². The van der Waals surface area contributed by atoms with E-state index in [-0.39, 0.29) is 0 Å². The molecular weight excluding hydrogens is 192 g/mol. The van der Waals surface area contributed by atoms with Gasteiger partial charge in [-0.3, -0.25) is 10.0 Å². The highest BCUT2D eigenvalue weighted by Gasteiger charge is 2.29. The fraction of sp³-hybridized carbons (Fsp3) is 0.818. The first-order chi connectivity index (χ1) is 6.58. The van der Waals surface area contributed by atoms with Crippen molar-refractivity contribution in [1.29, 1.82) is 0 Å². The van der Waals surface area contributed by atoms with Crippen molar-refractivity contribution < 1.29 is 0 Å². The van der Waals surface area contributed by atoms with Crippen molar-refractivity contribution in [1.82, 2.24) is 4.90 Å². The molecule has 1 aliphatic heterocycles. The lowest BCUT2D eigenvalue weighted by atomic mass is 9.96. The van der Waals surface area contributed by atoms with E-state index in [1.165, 1.54) is 12.8 Å². The molecule has 1 heterocycles. The minimum Gasteiger partial charge on any atom is -0.288 e. The minimum atomic E-state index is 0.373. The third kappa shape index (κ3) is 3.64. The molecule has 0 spiro atoms. The molecule has 0 saturated heterocycles. The second kappa shape index (κ2) is 6.49. The maximum Gasteiger partial charge on any atom is 0.0258 e. The number of nitrogens with two attached hydrogens (primary N) is 1. The molecule has 0 aliphatic carbocycles. The zero-order valence-electron chi connectivity index (χ0n) is 9.83. The smallest absolute Gasteiger partial charge is 0.0258 e. The van der Waals surface area contributed by atoms with Crippen LogP contribution in [0.1, 0.15) is 40.5 Å². The van der Waals surface area contributed by atoms with Crippen LogP contribution < -0.4 is 5.14 Å². The molecule has 0 amide bonds. The molecule has 1 aliphatic rings. The normalized spacial score (nSPS) is 22.0. The maximum atomic E-state index is 4.19. The van der Waals surface area contributed by atoms with Crippen molar-refractivity contribution in [2.75, 3.05) is 6.54 Å². The van der Waals surface area contributed by atoms with E-state index in [1.54, 1.807) is 0 Å². The second-order valence-corrected chi connectivity index (χ2v) is 4.38. The Morgan fingerprint density at radius 3 is 2.43 bits per heavy atom. The van der Waals surface area contributed by atoms with Gasteiger partial charge >= 0.3 is 0 Å². The average Bonchev–Trinajstić information content (AvgIpc) is 2.55. The van der Waals surface area contributed by atoms with Crippen molar-refractivity contribution in [3.8, 4) is 0 Å². The summed E-state index contributed by atoms with van der Waals surface area (Å²) in [6.07, 6.45) is 7.15. The Hall–Kier alpha value is 0.01000. The van der Waals surface area contributed by atoms with Crippen LogP contribution in [0, 0.1) is 0 Å². The number of thiol groups is 1. The molecule has 2 N–H and O–H groups in total. The highest BCUT2D eigenvalue weighted by molar-refractivity contribution is 7.77. The predicted octanol–water partition coefficient (Wildman–Crippen LogP) is 2.62. The van der Waals surface area contributed by atoms with Gasteiger partial charge in [0.1, 0.15) is 0 Å². The van der Waals surface area contributed by atoms with E-state index in [4.69, 9.17) is 0 Å². The molecule has 1 atom stereocenters. The largest absolute Gasteiger partial charge is 0.288 e. The first kappa shape index (κ1) is 14.0. The summed E-state index contributed by atoms with van der Waals surface area (Å²) >= 11 is 3.03. The lowest BCUT2D eigenvalue weighted by Gasteiger charge is -2.38. The Morgan fingerprint density at radius 2 is 2.07 bits per heavy atom. The molecule has 0 saturated carbocycles. The molecule has 0 aromatic carbocycles. The van der Waals surface area contributed by atoms with Crippen LogP contribution in [0.15, 0.2) is 12.2 Å². The van der Waals surface area contributed by atoms with Crippen molar-refractivity contribution >= 4 is 12.8 Å². The van der Waals surface area contributed by atoms with E-state index in [0.717, 1.165) is 6.54 Å². The summed E-state index contributed by atoms with van der Waals surface area (Å²) < 4.78 is 0. The van der Waals surface area contributed by atoms with E-state index < -0.39 is 0 Å². The lowest BCUT2D eigenvalue weighted by Crippen LogP contribution is -2.45. The molecule has 1 unspecified atom stereocenters. The lowest BCUT2D eigenvalue weighted by molar-refractivity contribution is 0.113. The summed E-state index contributed by atoms with van der Waals surface area (Å²) in [5, 5.41) is 4.19. The second-order valence-electron chi connectivity index (χ2n) is 4.38. The molecule has 0 bridgehead atoms. The van der Waals surface area contributed by atoms with E-state index in [0.29, 0.717) is 11.6 Å².